The van der Waals surface area contributed by atoms with Crippen LogP contribution in [0.3, 0.4) is 0 Å². The molecule has 0 aliphatic carbocycles. The van der Waals surface area contributed by atoms with E-state index in [4.69, 9.17) is 26.2 Å². The van der Waals surface area contributed by atoms with Crippen LogP contribution >= 0.6 is 11.6 Å². The van der Waals surface area contributed by atoms with Gasteiger partial charge in [-0.25, -0.2) is 0 Å². The summed E-state index contributed by atoms with van der Waals surface area (Å²) in [7, 11) is 1.26. The number of hydrogen-bond donors (Lipinski definition) is 2. The average Bonchev–Trinajstić information content (AvgIpc) is 2.85. The molecular formula is C27H25ClF3NO5. The summed E-state index contributed by atoms with van der Waals surface area (Å²) in [6, 6.07) is 15.7. The van der Waals surface area contributed by atoms with Gasteiger partial charge in [0.2, 0.25) is 0 Å². The van der Waals surface area contributed by atoms with E-state index in [1.165, 1.54) is 13.2 Å². The van der Waals surface area contributed by atoms with Gasteiger partial charge in [-0.05, 0) is 53.1 Å². The van der Waals surface area contributed by atoms with Crippen LogP contribution < -0.4 is 14.8 Å². The summed E-state index contributed by atoms with van der Waals surface area (Å²) in [6.45, 7) is 0.584. The van der Waals surface area contributed by atoms with Crippen LogP contribution in [-0.4, -0.2) is 37.1 Å². The van der Waals surface area contributed by atoms with Gasteiger partial charge in [0.1, 0.15) is 18.1 Å². The number of halogens is 4. The number of methoxy groups -OCH3 is 1. The van der Waals surface area contributed by atoms with Gasteiger partial charge < -0.3 is 19.9 Å². The van der Waals surface area contributed by atoms with Gasteiger partial charge in [-0.1, -0.05) is 35.9 Å². The van der Waals surface area contributed by atoms with Crippen LogP contribution in [0.25, 0.3) is 11.1 Å². The number of alkyl halides is 3. The van der Waals surface area contributed by atoms with Crippen LogP contribution in [0.15, 0.2) is 60.7 Å². The maximum atomic E-state index is 13.6. The van der Waals surface area contributed by atoms with Crippen molar-refractivity contribution in [2.45, 2.75) is 25.6 Å². The van der Waals surface area contributed by atoms with E-state index in [2.05, 4.69) is 5.32 Å². The van der Waals surface area contributed by atoms with Gasteiger partial charge in [0.25, 0.3) is 0 Å². The average molecular weight is 536 g/mol. The molecule has 3 aromatic rings. The lowest BCUT2D eigenvalue weighted by molar-refractivity contribution is -0.139. The fourth-order valence-electron chi connectivity index (χ4n) is 3.73. The molecule has 196 valence electrons. The molecule has 0 spiro atoms. The summed E-state index contributed by atoms with van der Waals surface area (Å²) >= 11 is 5.82. The van der Waals surface area contributed by atoms with E-state index in [1.54, 1.807) is 48.5 Å². The molecule has 0 aliphatic rings. The second kappa shape index (κ2) is 12.6. The highest BCUT2D eigenvalue weighted by molar-refractivity contribution is 6.30. The molecule has 0 saturated carbocycles. The molecular weight excluding hydrogens is 511 g/mol. The largest absolute Gasteiger partial charge is 0.496 e. The maximum Gasteiger partial charge on any atom is 0.416 e. The quantitative estimate of drug-likeness (QED) is 0.286. The first-order valence-electron chi connectivity index (χ1n) is 11.3. The van der Waals surface area contributed by atoms with Crippen LogP contribution in [0.2, 0.25) is 5.02 Å². The Morgan fingerprint density at radius 1 is 1.00 bits per heavy atom. The minimum absolute atomic E-state index is 0.0246. The fourth-order valence-corrected chi connectivity index (χ4v) is 3.86. The van der Waals surface area contributed by atoms with E-state index in [-0.39, 0.29) is 30.1 Å². The van der Waals surface area contributed by atoms with Crippen molar-refractivity contribution in [1.29, 1.82) is 0 Å². The minimum Gasteiger partial charge on any atom is -0.496 e. The molecule has 0 atom stereocenters. The van der Waals surface area contributed by atoms with E-state index in [0.29, 0.717) is 35.0 Å². The zero-order valence-corrected chi connectivity index (χ0v) is 20.7. The molecule has 10 heteroatoms. The lowest BCUT2D eigenvalue weighted by Gasteiger charge is -2.19. The number of Topliss-reactive ketones (excluding diaryl/α,β-unsaturated/α-hetero) is 1. The van der Waals surface area contributed by atoms with Crippen LogP contribution in [0, 0.1) is 0 Å². The highest BCUT2D eigenvalue weighted by Gasteiger charge is 2.35. The van der Waals surface area contributed by atoms with Gasteiger partial charge in [0.05, 0.1) is 19.1 Å². The van der Waals surface area contributed by atoms with Crippen molar-refractivity contribution in [3.05, 3.63) is 82.4 Å². The Hall–Kier alpha value is -3.56. The normalized spacial score (nSPS) is 11.3. The Balaban J connectivity index is 1.70. The lowest BCUT2D eigenvalue weighted by Crippen LogP contribution is -2.21. The lowest BCUT2D eigenvalue weighted by atomic mass is 9.93. The van der Waals surface area contributed by atoms with Crippen molar-refractivity contribution in [3.8, 4) is 22.6 Å². The summed E-state index contributed by atoms with van der Waals surface area (Å²) in [5.41, 5.74) is 0.267. The maximum absolute atomic E-state index is 13.6. The van der Waals surface area contributed by atoms with E-state index in [0.717, 1.165) is 11.6 Å². The van der Waals surface area contributed by atoms with Crippen LogP contribution in [0.5, 0.6) is 11.5 Å². The van der Waals surface area contributed by atoms with Crippen LogP contribution in [0.1, 0.15) is 23.1 Å². The molecule has 3 rings (SSSR count). The molecule has 2 N–H and O–H groups in total. The van der Waals surface area contributed by atoms with Gasteiger partial charge in [-0.15, -0.1) is 0 Å². The summed E-state index contributed by atoms with van der Waals surface area (Å²) in [5.74, 6) is -0.976. The Morgan fingerprint density at radius 3 is 2.35 bits per heavy atom. The van der Waals surface area contributed by atoms with Crippen molar-refractivity contribution in [2.24, 2.45) is 0 Å². The predicted molar refractivity (Wildman–Crippen MR) is 133 cm³/mol. The summed E-state index contributed by atoms with van der Waals surface area (Å²) in [4.78, 5) is 23.4. The molecule has 0 aromatic heterocycles. The minimum atomic E-state index is -4.73. The number of carbonyl (C=O) groups is 2. The molecule has 6 nitrogen and oxygen atoms in total. The van der Waals surface area contributed by atoms with Crippen molar-refractivity contribution in [1.82, 2.24) is 5.32 Å². The van der Waals surface area contributed by atoms with E-state index < -0.39 is 24.1 Å². The SMILES string of the molecule is COc1cc(C(F)(F)F)c(CC(=O)O)cc1-c1ccccc1CNCCC(=O)COc1ccc(Cl)cc1. The number of rotatable bonds is 12. The molecule has 0 aliphatic heterocycles. The molecule has 0 bridgehead atoms. The molecule has 0 heterocycles. The molecule has 37 heavy (non-hydrogen) atoms. The molecule has 3 aromatic carbocycles. The molecule has 0 fully saturated rings. The van der Waals surface area contributed by atoms with Gasteiger partial charge >= 0.3 is 12.1 Å². The number of ether oxygens (including phenoxy) is 2. The number of carboxylic acid groups (broad SMARTS) is 1. The van der Waals surface area contributed by atoms with Crippen molar-refractivity contribution in [2.75, 3.05) is 20.3 Å². The number of ketones is 1. The van der Waals surface area contributed by atoms with Gasteiger partial charge in [0.15, 0.2) is 5.78 Å². The summed E-state index contributed by atoms with van der Waals surface area (Å²) in [5, 5.41) is 12.9. The third-order valence-electron chi connectivity index (χ3n) is 5.49. The Kier molecular flexibility index (Phi) is 9.54. The number of hydrogen-bond acceptors (Lipinski definition) is 5. The number of carboxylic acids is 1. The molecule has 0 radical (unpaired) electrons. The van der Waals surface area contributed by atoms with Crippen molar-refractivity contribution in [3.63, 3.8) is 0 Å². The van der Waals surface area contributed by atoms with E-state index in [1.807, 2.05) is 0 Å². The third-order valence-corrected chi connectivity index (χ3v) is 5.74. The van der Waals surface area contributed by atoms with Crippen molar-refractivity contribution < 1.29 is 37.3 Å². The highest BCUT2D eigenvalue weighted by Crippen LogP contribution is 2.41. The first kappa shape index (κ1) is 28.0. The predicted octanol–water partition coefficient (Wildman–Crippen LogP) is 5.79. The number of nitrogens with one attached hydrogen (secondary N) is 1. The zero-order chi connectivity index (χ0) is 27.0. The van der Waals surface area contributed by atoms with Gasteiger partial charge in [0, 0.05) is 30.1 Å². The fraction of sp³-hybridized carbons (Fsp3) is 0.259. The standard InChI is InChI=1S/C27H25ClF3NO5/c1-36-25-14-24(27(29,30)31)18(13-26(34)35)12-23(25)22-5-3-2-4-17(22)15-32-11-10-20(33)16-37-21-8-6-19(28)7-9-21/h2-9,12,14,32H,10-11,13,15-16H2,1H3,(H,34,35). The summed E-state index contributed by atoms with van der Waals surface area (Å²) in [6.07, 6.45) is -5.31. The second-order valence-electron chi connectivity index (χ2n) is 8.14. The number of carbonyl (C=O) groups excluding carboxylic acids is 1. The molecule has 0 unspecified atom stereocenters. The highest BCUT2D eigenvalue weighted by atomic mass is 35.5. The van der Waals surface area contributed by atoms with Gasteiger partial charge in [-0.2, -0.15) is 13.2 Å². The Labute approximate surface area is 217 Å². The van der Waals surface area contributed by atoms with Crippen molar-refractivity contribution >= 4 is 23.4 Å². The number of benzene rings is 3. The second-order valence-corrected chi connectivity index (χ2v) is 8.58. The topological polar surface area (TPSA) is 84.9 Å². The third kappa shape index (κ3) is 7.96. The van der Waals surface area contributed by atoms with Gasteiger partial charge in [-0.3, -0.25) is 9.59 Å². The zero-order valence-electron chi connectivity index (χ0n) is 19.9. The molecule has 0 amide bonds. The smallest absolute Gasteiger partial charge is 0.416 e. The monoisotopic (exact) mass is 535 g/mol. The first-order valence-corrected chi connectivity index (χ1v) is 11.6. The van der Waals surface area contributed by atoms with E-state index in [9.17, 15) is 22.8 Å². The van der Waals surface area contributed by atoms with Crippen LogP contribution in [-0.2, 0) is 28.7 Å². The molecule has 0 saturated heterocycles. The Bertz CT molecular complexity index is 1250. The van der Waals surface area contributed by atoms with E-state index >= 15 is 0 Å². The van der Waals surface area contributed by atoms with Crippen LogP contribution in [0.4, 0.5) is 13.2 Å². The summed E-state index contributed by atoms with van der Waals surface area (Å²) < 4.78 is 51.4. The number of aliphatic carboxylic acids is 1. The Morgan fingerprint density at radius 2 is 1.70 bits per heavy atom. The first-order chi connectivity index (χ1) is 17.6.